The Balaban J connectivity index is 1.33. The second-order valence-electron chi connectivity index (χ2n) is 12.5. The van der Waals surface area contributed by atoms with E-state index in [1.807, 2.05) is 117 Å². The smallest absolute Gasteiger partial charge is 0.258 e. The molecule has 0 saturated carbocycles. The number of nitrogens with one attached hydrogen (secondary N) is 3. The van der Waals surface area contributed by atoms with Gasteiger partial charge in [0.15, 0.2) is 12.2 Å². The molecular formula is C39H43N3O6. The van der Waals surface area contributed by atoms with Crippen LogP contribution in [0.5, 0.6) is 5.75 Å². The summed E-state index contributed by atoms with van der Waals surface area (Å²) < 4.78 is 5.78. The van der Waals surface area contributed by atoms with Crippen molar-refractivity contribution in [3.63, 3.8) is 0 Å². The van der Waals surface area contributed by atoms with E-state index >= 15 is 0 Å². The molecular weight excluding hydrogens is 606 g/mol. The Bertz CT molecular complexity index is 1690. The van der Waals surface area contributed by atoms with Gasteiger partial charge in [0.1, 0.15) is 11.8 Å². The monoisotopic (exact) mass is 649 g/mol. The summed E-state index contributed by atoms with van der Waals surface area (Å²) in [6.45, 7) is 3.09. The van der Waals surface area contributed by atoms with E-state index in [2.05, 4.69) is 16.0 Å². The number of ether oxygens (including phenoxy) is 1. The van der Waals surface area contributed by atoms with Gasteiger partial charge in [0.2, 0.25) is 5.91 Å². The summed E-state index contributed by atoms with van der Waals surface area (Å²) in [6, 6.07) is 30.2. The van der Waals surface area contributed by atoms with E-state index in [1.54, 1.807) is 0 Å². The second-order valence-corrected chi connectivity index (χ2v) is 12.5. The standard InChI is InChI=1S/C39H43N3O6/c1-26-12-11-13-27(2)36(26)48-24-34(44)40-25-39(47,21-20-28-14-5-3-6-15-28)38(46)41-32(22-29-16-7-4-8-17-29)37(45)42-35-31-19-10-9-18-30(31)23-33(35)43/h3-19,32-33,35,43,47H,20-25H2,1-2H3,(H,40,44)(H,41,46)(H,42,45)/t32-,33+,35-,39?/m0/s1. The largest absolute Gasteiger partial charge is 0.483 e. The number of amides is 3. The third-order valence-electron chi connectivity index (χ3n) is 8.83. The molecule has 9 heteroatoms. The van der Waals surface area contributed by atoms with E-state index in [0.29, 0.717) is 18.6 Å². The minimum absolute atomic E-state index is 0.0186. The predicted octanol–water partition coefficient (Wildman–Crippen LogP) is 3.66. The zero-order chi connectivity index (χ0) is 34.1. The summed E-state index contributed by atoms with van der Waals surface area (Å²) in [5, 5.41) is 31.1. The van der Waals surface area contributed by atoms with Crippen LogP contribution in [-0.2, 0) is 33.6 Å². The van der Waals surface area contributed by atoms with Gasteiger partial charge < -0.3 is 30.9 Å². The number of carbonyl (C=O) groups excluding carboxylic acids is 3. The van der Waals surface area contributed by atoms with Crippen LogP contribution in [0.15, 0.2) is 103 Å². The van der Waals surface area contributed by atoms with Crippen LogP contribution in [0.3, 0.4) is 0 Å². The topological polar surface area (TPSA) is 137 Å². The maximum absolute atomic E-state index is 14.0. The molecule has 4 atom stereocenters. The fourth-order valence-electron chi connectivity index (χ4n) is 6.09. The van der Waals surface area contributed by atoms with E-state index < -0.39 is 48.1 Å². The number of fused-ring (bicyclic) bond motifs is 1. The summed E-state index contributed by atoms with van der Waals surface area (Å²) in [5.41, 5.74) is 3.20. The molecule has 5 N–H and O–H groups in total. The lowest BCUT2D eigenvalue weighted by atomic mass is 9.92. The van der Waals surface area contributed by atoms with Crippen LogP contribution in [0, 0.1) is 13.8 Å². The Labute approximate surface area is 281 Å². The zero-order valence-corrected chi connectivity index (χ0v) is 27.3. The fraction of sp³-hybridized carbons (Fsp3) is 0.308. The normalized spacial score (nSPS) is 17.0. The van der Waals surface area contributed by atoms with E-state index in [1.165, 1.54) is 0 Å². The van der Waals surface area contributed by atoms with Gasteiger partial charge in [-0.05, 0) is 60.1 Å². The van der Waals surface area contributed by atoms with E-state index in [-0.39, 0.29) is 19.4 Å². The molecule has 1 unspecified atom stereocenters. The molecule has 0 bridgehead atoms. The lowest BCUT2D eigenvalue weighted by molar-refractivity contribution is -0.144. The van der Waals surface area contributed by atoms with Gasteiger partial charge in [-0.15, -0.1) is 0 Å². The first-order valence-corrected chi connectivity index (χ1v) is 16.3. The molecule has 0 aliphatic heterocycles. The summed E-state index contributed by atoms with van der Waals surface area (Å²) in [5.74, 6) is -1.19. The Morgan fingerprint density at radius 3 is 2.17 bits per heavy atom. The van der Waals surface area contributed by atoms with Crippen molar-refractivity contribution in [1.29, 1.82) is 0 Å². The molecule has 0 fully saturated rings. The van der Waals surface area contributed by atoms with Crippen LogP contribution in [0.4, 0.5) is 0 Å². The first kappa shape index (κ1) is 34.3. The SMILES string of the molecule is Cc1cccc(C)c1OCC(=O)NCC(O)(CCc1ccccc1)C(=O)N[C@@H](Cc1ccccc1)C(=O)N[C@H]1c2ccccc2C[C@H]1O. The van der Waals surface area contributed by atoms with Gasteiger partial charge in [-0.2, -0.15) is 0 Å². The quantitative estimate of drug-likeness (QED) is 0.142. The molecule has 0 spiro atoms. The molecule has 3 amide bonds. The molecule has 9 nitrogen and oxygen atoms in total. The van der Waals surface area contributed by atoms with Crippen LogP contribution < -0.4 is 20.7 Å². The number of aryl methyl sites for hydroxylation is 3. The molecule has 0 saturated heterocycles. The van der Waals surface area contributed by atoms with Gasteiger partial charge in [-0.25, -0.2) is 0 Å². The highest BCUT2D eigenvalue weighted by Gasteiger charge is 2.40. The Kier molecular flexibility index (Phi) is 11.3. The van der Waals surface area contributed by atoms with Crippen molar-refractivity contribution in [3.8, 4) is 5.75 Å². The molecule has 1 aliphatic rings. The molecule has 5 rings (SSSR count). The molecule has 48 heavy (non-hydrogen) atoms. The molecule has 0 radical (unpaired) electrons. The van der Waals surface area contributed by atoms with Crippen LogP contribution >= 0.6 is 0 Å². The first-order chi connectivity index (χ1) is 23.1. The number of benzene rings is 4. The highest BCUT2D eigenvalue weighted by Crippen LogP contribution is 2.31. The number of rotatable bonds is 14. The van der Waals surface area contributed by atoms with Crippen LogP contribution in [0.25, 0.3) is 0 Å². The summed E-state index contributed by atoms with van der Waals surface area (Å²) in [7, 11) is 0. The number of para-hydroxylation sites is 1. The second kappa shape index (κ2) is 15.7. The number of hydrogen-bond donors (Lipinski definition) is 5. The highest BCUT2D eigenvalue weighted by atomic mass is 16.5. The molecule has 4 aromatic carbocycles. The van der Waals surface area contributed by atoms with Gasteiger partial charge in [0.25, 0.3) is 11.8 Å². The van der Waals surface area contributed by atoms with Crippen LogP contribution in [-0.4, -0.2) is 58.8 Å². The average Bonchev–Trinajstić information content (AvgIpc) is 3.41. The fourth-order valence-corrected chi connectivity index (χ4v) is 6.09. The summed E-state index contributed by atoms with van der Waals surface area (Å²) >= 11 is 0. The third-order valence-corrected chi connectivity index (χ3v) is 8.83. The van der Waals surface area contributed by atoms with Crippen LogP contribution in [0.2, 0.25) is 0 Å². The molecule has 250 valence electrons. The Morgan fingerprint density at radius 1 is 0.854 bits per heavy atom. The maximum Gasteiger partial charge on any atom is 0.258 e. The van der Waals surface area contributed by atoms with Crippen molar-refractivity contribution < 1.29 is 29.3 Å². The molecule has 0 heterocycles. The van der Waals surface area contributed by atoms with Crippen molar-refractivity contribution in [2.75, 3.05) is 13.2 Å². The molecule has 1 aliphatic carbocycles. The number of carbonyl (C=O) groups is 3. The van der Waals surface area contributed by atoms with Gasteiger partial charge >= 0.3 is 0 Å². The van der Waals surface area contributed by atoms with E-state index in [0.717, 1.165) is 33.4 Å². The lowest BCUT2D eigenvalue weighted by Crippen LogP contribution is -2.59. The van der Waals surface area contributed by atoms with Crippen molar-refractivity contribution in [2.24, 2.45) is 0 Å². The van der Waals surface area contributed by atoms with Crippen LogP contribution in [0.1, 0.15) is 45.8 Å². The Morgan fingerprint density at radius 2 is 1.48 bits per heavy atom. The van der Waals surface area contributed by atoms with Gasteiger partial charge in [0.05, 0.1) is 18.7 Å². The first-order valence-electron chi connectivity index (χ1n) is 16.3. The lowest BCUT2D eigenvalue weighted by Gasteiger charge is -2.30. The number of aliphatic hydroxyl groups is 2. The predicted molar refractivity (Wildman–Crippen MR) is 183 cm³/mol. The summed E-state index contributed by atoms with van der Waals surface area (Å²) in [4.78, 5) is 40.7. The third kappa shape index (κ3) is 8.67. The van der Waals surface area contributed by atoms with Crippen molar-refractivity contribution >= 4 is 17.7 Å². The summed E-state index contributed by atoms with van der Waals surface area (Å²) in [6.07, 6.45) is 0.0643. The molecule has 4 aromatic rings. The minimum atomic E-state index is -2.06. The van der Waals surface area contributed by atoms with Crippen molar-refractivity contribution in [2.45, 2.75) is 63.3 Å². The van der Waals surface area contributed by atoms with Gasteiger partial charge in [-0.1, -0.05) is 103 Å². The molecule has 0 aromatic heterocycles. The van der Waals surface area contributed by atoms with Crippen molar-refractivity contribution in [3.05, 3.63) is 137 Å². The minimum Gasteiger partial charge on any atom is -0.483 e. The van der Waals surface area contributed by atoms with E-state index in [4.69, 9.17) is 4.74 Å². The van der Waals surface area contributed by atoms with E-state index in [9.17, 15) is 24.6 Å². The van der Waals surface area contributed by atoms with Gasteiger partial charge in [0, 0.05) is 12.8 Å². The maximum atomic E-state index is 14.0. The number of hydrogen-bond acceptors (Lipinski definition) is 6. The zero-order valence-electron chi connectivity index (χ0n) is 27.3. The van der Waals surface area contributed by atoms with Gasteiger partial charge in [-0.3, -0.25) is 14.4 Å². The average molecular weight is 650 g/mol. The van der Waals surface area contributed by atoms with Crippen molar-refractivity contribution in [1.82, 2.24) is 16.0 Å². The highest BCUT2D eigenvalue weighted by molar-refractivity contribution is 5.92. The number of aliphatic hydroxyl groups excluding tert-OH is 1. The Hall–Kier alpha value is -4.99.